The highest BCUT2D eigenvalue weighted by Gasteiger charge is 2.04. The highest BCUT2D eigenvalue weighted by molar-refractivity contribution is 5.89. The Bertz CT molecular complexity index is 301. The van der Waals surface area contributed by atoms with E-state index in [1.807, 2.05) is 0 Å². The van der Waals surface area contributed by atoms with Crippen LogP contribution in [-0.4, -0.2) is 29.3 Å². The summed E-state index contributed by atoms with van der Waals surface area (Å²) in [6.07, 6.45) is 7.65. The van der Waals surface area contributed by atoms with Gasteiger partial charge in [-0.15, -0.1) is 0 Å². The predicted molar refractivity (Wildman–Crippen MR) is 71.4 cm³/mol. The van der Waals surface area contributed by atoms with Gasteiger partial charge < -0.3 is 9.84 Å². The molecule has 0 radical (unpaired) electrons. The van der Waals surface area contributed by atoms with Gasteiger partial charge in [0, 0.05) is 19.0 Å². The maximum Gasteiger partial charge on any atom is 0.338 e. The Balaban J connectivity index is 0.000000873. The minimum Gasteiger partial charge on any atom is -0.462 e. The van der Waals surface area contributed by atoms with Crippen LogP contribution in [0.25, 0.3) is 0 Å². The SMILES string of the molecule is CCCCCCOC(=O)c1ccncc1.CCO. The Labute approximate surface area is 109 Å². The maximum absolute atomic E-state index is 11.4. The monoisotopic (exact) mass is 253 g/mol. The molecule has 0 saturated carbocycles. The molecule has 0 aliphatic carbocycles. The fraction of sp³-hybridized carbons (Fsp3) is 0.571. The van der Waals surface area contributed by atoms with Gasteiger partial charge in [0.15, 0.2) is 0 Å². The van der Waals surface area contributed by atoms with Crippen molar-refractivity contribution in [2.75, 3.05) is 13.2 Å². The van der Waals surface area contributed by atoms with Gasteiger partial charge in [-0.1, -0.05) is 26.2 Å². The number of nitrogens with zero attached hydrogens (tertiary/aromatic N) is 1. The summed E-state index contributed by atoms with van der Waals surface area (Å²) in [7, 11) is 0. The van der Waals surface area contributed by atoms with Gasteiger partial charge in [0.05, 0.1) is 12.2 Å². The van der Waals surface area contributed by atoms with E-state index in [4.69, 9.17) is 9.84 Å². The fourth-order valence-corrected chi connectivity index (χ4v) is 1.27. The van der Waals surface area contributed by atoms with Crippen molar-refractivity contribution in [1.82, 2.24) is 4.98 Å². The molecule has 1 aromatic heterocycles. The Morgan fingerprint density at radius 3 is 2.39 bits per heavy atom. The van der Waals surface area contributed by atoms with E-state index >= 15 is 0 Å². The third-order valence-corrected chi connectivity index (χ3v) is 2.15. The summed E-state index contributed by atoms with van der Waals surface area (Å²) in [6, 6.07) is 3.32. The van der Waals surface area contributed by atoms with Crippen LogP contribution in [0.3, 0.4) is 0 Å². The molecule has 102 valence electrons. The molecule has 4 heteroatoms. The summed E-state index contributed by atoms with van der Waals surface area (Å²) in [4.78, 5) is 15.3. The summed E-state index contributed by atoms with van der Waals surface area (Å²) in [5.74, 6) is -0.256. The number of pyridine rings is 1. The van der Waals surface area contributed by atoms with Crippen molar-refractivity contribution in [3.8, 4) is 0 Å². The van der Waals surface area contributed by atoms with E-state index in [0.717, 1.165) is 12.8 Å². The van der Waals surface area contributed by atoms with Crippen molar-refractivity contribution in [3.05, 3.63) is 30.1 Å². The normalized spacial score (nSPS) is 9.28. The Morgan fingerprint density at radius 2 is 1.83 bits per heavy atom. The lowest BCUT2D eigenvalue weighted by atomic mass is 10.2. The summed E-state index contributed by atoms with van der Waals surface area (Å²) in [6.45, 7) is 4.60. The van der Waals surface area contributed by atoms with Crippen molar-refractivity contribution >= 4 is 5.97 Å². The molecule has 0 amide bonds. The van der Waals surface area contributed by atoms with Crippen molar-refractivity contribution in [1.29, 1.82) is 0 Å². The molecular weight excluding hydrogens is 230 g/mol. The summed E-state index contributed by atoms with van der Waals surface area (Å²) >= 11 is 0. The number of rotatable bonds is 6. The Hall–Kier alpha value is -1.42. The number of carbonyl (C=O) groups excluding carboxylic acids is 1. The molecule has 0 unspecified atom stereocenters. The van der Waals surface area contributed by atoms with E-state index in [0.29, 0.717) is 12.2 Å². The Morgan fingerprint density at radius 1 is 1.22 bits per heavy atom. The average molecular weight is 253 g/mol. The first-order valence-corrected chi connectivity index (χ1v) is 6.44. The number of hydrogen-bond donors (Lipinski definition) is 1. The van der Waals surface area contributed by atoms with E-state index in [2.05, 4.69) is 11.9 Å². The number of aromatic nitrogens is 1. The van der Waals surface area contributed by atoms with Gasteiger partial charge in [-0.3, -0.25) is 4.98 Å². The first kappa shape index (κ1) is 16.6. The van der Waals surface area contributed by atoms with Crippen LogP contribution in [0.2, 0.25) is 0 Å². The second kappa shape index (κ2) is 12.0. The molecule has 0 atom stereocenters. The minimum absolute atomic E-state index is 0.250. The highest BCUT2D eigenvalue weighted by Crippen LogP contribution is 2.02. The van der Waals surface area contributed by atoms with E-state index in [9.17, 15) is 4.79 Å². The zero-order valence-electron chi connectivity index (χ0n) is 11.3. The molecule has 18 heavy (non-hydrogen) atoms. The van der Waals surface area contributed by atoms with Crippen molar-refractivity contribution in [2.24, 2.45) is 0 Å². The molecule has 0 spiro atoms. The lowest BCUT2D eigenvalue weighted by molar-refractivity contribution is 0.0497. The maximum atomic E-state index is 11.4. The molecule has 1 aromatic rings. The van der Waals surface area contributed by atoms with Gasteiger partial charge in [-0.25, -0.2) is 4.79 Å². The van der Waals surface area contributed by atoms with Crippen LogP contribution in [-0.2, 0) is 4.74 Å². The van der Waals surface area contributed by atoms with Gasteiger partial charge in [0.2, 0.25) is 0 Å². The summed E-state index contributed by atoms with van der Waals surface area (Å²) in [5, 5.41) is 7.57. The fourth-order valence-electron chi connectivity index (χ4n) is 1.27. The standard InChI is InChI=1S/C12H17NO2.C2H6O/c1-2-3-4-5-10-15-12(14)11-6-8-13-9-7-11;1-2-3/h6-9H,2-5,10H2,1H3;3H,2H2,1H3. The molecular formula is C14H23NO3. The first-order valence-electron chi connectivity index (χ1n) is 6.44. The second-order valence-electron chi connectivity index (χ2n) is 3.75. The van der Waals surface area contributed by atoms with Gasteiger partial charge in [-0.2, -0.15) is 0 Å². The number of ether oxygens (including phenoxy) is 1. The molecule has 1 rings (SSSR count). The van der Waals surface area contributed by atoms with Crippen molar-refractivity contribution < 1.29 is 14.6 Å². The van der Waals surface area contributed by atoms with Crippen LogP contribution in [0.5, 0.6) is 0 Å². The molecule has 0 aliphatic heterocycles. The zero-order valence-corrected chi connectivity index (χ0v) is 11.3. The van der Waals surface area contributed by atoms with Crippen LogP contribution in [0, 0.1) is 0 Å². The van der Waals surface area contributed by atoms with Gasteiger partial charge in [-0.05, 0) is 25.5 Å². The quantitative estimate of drug-likeness (QED) is 0.625. The first-order chi connectivity index (χ1) is 8.76. The topological polar surface area (TPSA) is 59.4 Å². The molecule has 0 bridgehead atoms. The van der Waals surface area contributed by atoms with Crippen LogP contribution in [0.15, 0.2) is 24.5 Å². The second-order valence-corrected chi connectivity index (χ2v) is 3.75. The lowest BCUT2D eigenvalue weighted by Crippen LogP contribution is -2.06. The van der Waals surface area contributed by atoms with Gasteiger partial charge in [0.1, 0.15) is 0 Å². The number of unbranched alkanes of at least 4 members (excludes halogenated alkanes) is 3. The molecule has 1 heterocycles. The number of carbonyl (C=O) groups is 1. The number of aliphatic hydroxyl groups excluding tert-OH is 1. The summed E-state index contributed by atoms with van der Waals surface area (Å²) < 4.78 is 5.11. The van der Waals surface area contributed by atoms with E-state index < -0.39 is 0 Å². The third-order valence-electron chi connectivity index (χ3n) is 2.15. The number of hydrogen-bond acceptors (Lipinski definition) is 4. The van der Waals surface area contributed by atoms with E-state index in [-0.39, 0.29) is 12.6 Å². The molecule has 1 N–H and O–H groups in total. The van der Waals surface area contributed by atoms with Gasteiger partial charge in [0.25, 0.3) is 0 Å². The molecule has 0 aromatic carbocycles. The minimum atomic E-state index is -0.256. The highest BCUT2D eigenvalue weighted by atomic mass is 16.5. The summed E-state index contributed by atoms with van der Waals surface area (Å²) in [5.41, 5.74) is 0.570. The Kier molecular flexibility index (Phi) is 11.1. The van der Waals surface area contributed by atoms with Crippen molar-refractivity contribution in [2.45, 2.75) is 39.5 Å². The average Bonchev–Trinajstić information content (AvgIpc) is 2.40. The molecule has 0 aliphatic rings. The smallest absolute Gasteiger partial charge is 0.338 e. The van der Waals surface area contributed by atoms with E-state index in [1.165, 1.54) is 12.8 Å². The number of aliphatic hydroxyl groups is 1. The van der Waals surface area contributed by atoms with Crippen molar-refractivity contribution in [3.63, 3.8) is 0 Å². The van der Waals surface area contributed by atoms with Crippen LogP contribution >= 0.6 is 0 Å². The van der Waals surface area contributed by atoms with Gasteiger partial charge >= 0.3 is 5.97 Å². The van der Waals surface area contributed by atoms with Crippen LogP contribution < -0.4 is 0 Å². The predicted octanol–water partition coefficient (Wildman–Crippen LogP) is 2.82. The molecule has 0 saturated heterocycles. The molecule has 0 fully saturated rings. The molecule has 4 nitrogen and oxygen atoms in total. The third kappa shape index (κ3) is 8.70. The zero-order chi connectivity index (χ0) is 13.6. The van der Waals surface area contributed by atoms with Crippen LogP contribution in [0.4, 0.5) is 0 Å². The lowest BCUT2D eigenvalue weighted by Gasteiger charge is -2.03. The largest absolute Gasteiger partial charge is 0.462 e. The number of esters is 1. The van der Waals surface area contributed by atoms with E-state index in [1.54, 1.807) is 31.5 Å². The van der Waals surface area contributed by atoms with Crippen LogP contribution in [0.1, 0.15) is 49.9 Å².